The van der Waals surface area contributed by atoms with Crippen molar-refractivity contribution in [2.24, 2.45) is 5.92 Å². The number of hydrogen-bond donors (Lipinski definition) is 2. The van der Waals surface area contributed by atoms with Gasteiger partial charge in [-0.1, -0.05) is 0 Å². The van der Waals surface area contributed by atoms with Gasteiger partial charge in [-0.3, -0.25) is 9.59 Å². The lowest BCUT2D eigenvalue weighted by Gasteiger charge is -2.30. The minimum absolute atomic E-state index is 0.198. The normalized spacial score (nSPS) is 19.6. The minimum atomic E-state index is -0.860. The average Bonchev–Trinajstić information content (AvgIpc) is 2.38. The number of carboxylic acid groups (broad SMARTS) is 1. The summed E-state index contributed by atoms with van der Waals surface area (Å²) in [4.78, 5) is 28.6. The first-order valence-corrected chi connectivity index (χ1v) is 5.82. The van der Waals surface area contributed by atoms with Crippen LogP contribution in [0.5, 0.6) is 0 Å². The molecule has 3 N–H and O–H groups in total. The van der Waals surface area contributed by atoms with E-state index in [2.05, 4.69) is 4.98 Å². The summed E-state index contributed by atoms with van der Waals surface area (Å²) in [5, 5.41) is 8.98. The third kappa shape index (κ3) is 2.42. The highest BCUT2D eigenvalue weighted by Crippen LogP contribution is 2.19. The topological polar surface area (TPSA) is 96.5 Å². The second kappa shape index (κ2) is 5.03. The van der Waals surface area contributed by atoms with E-state index in [-0.39, 0.29) is 18.1 Å². The van der Waals surface area contributed by atoms with Crippen molar-refractivity contribution in [2.75, 3.05) is 18.8 Å². The highest BCUT2D eigenvalue weighted by molar-refractivity contribution is 5.97. The van der Waals surface area contributed by atoms with Gasteiger partial charge < -0.3 is 15.7 Å². The fourth-order valence-corrected chi connectivity index (χ4v) is 2.11. The Balaban J connectivity index is 2.14. The monoisotopic (exact) mass is 249 g/mol. The molecule has 1 fully saturated rings. The summed E-state index contributed by atoms with van der Waals surface area (Å²) in [5.41, 5.74) is 6.21. The number of nitrogens with two attached hydrogens (primary N) is 1. The van der Waals surface area contributed by atoms with Gasteiger partial charge in [-0.25, -0.2) is 4.98 Å². The predicted molar refractivity (Wildman–Crippen MR) is 64.9 cm³/mol. The van der Waals surface area contributed by atoms with Crippen molar-refractivity contribution in [1.29, 1.82) is 0 Å². The first-order chi connectivity index (χ1) is 8.59. The summed E-state index contributed by atoms with van der Waals surface area (Å²) in [6.07, 6.45) is 2.80. The molecule has 1 aromatic heterocycles. The van der Waals surface area contributed by atoms with Crippen LogP contribution in [0.4, 0.5) is 5.69 Å². The molecule has 0 spiro atoms. The van der Waals surface area contributed by atoms with Crippen LogP contribution < -0.4 is 5.73 Å². The summed E-state index contributed by atoms with van der Waals surface area (Å²) >= 11 is 0. The Labute approximate surface area is 104 Å². The molecule has 1 aromatic rings. The third-order valence-electron chi connectivity index (χ3n) is 3.10. The zero-order chi connectivity index (χ0) is 13.1. The highest BCUT2D eigenvalue weighted by atomic mass is 16.4. The van der Waals surface area contributed by atoms with E-state index in [0.717, 1.165) is 0 Å². The number of carbonyl (C=O) groups is 2. The van der Waals surface area contributed by atoms with Crippen molar-refractivity contribution in [3.05, 3.63) is 24.0 Å². The van der Waals surface area contributed by atoms with Crippen LogP contribution in [0.2, 0.25) is 0 Å². The minimum Gasteiger partial charge on any atom is -0.481 e. The van der Waals surface area contributed by atoms with Crippen LogP contribution in [0.1, 0.15) is 23.3 Å². The molecule has 6 heteroatoms. The first-order valence-electron chi connectivity index (χ1n) is 5.82. The Morgan fingerprint density at radius 2 is 2.28 bits per heavy atom. The molecule has 1 atom stereocenters. The highest BCUT2D eigenvalue weighted by Gasteiger charge is 2.29. The van der Waals surface area contributed by atoms with Gasteiger partial charge in [-0.15, -0.1) is 0 Å². The number of aromatic nitrogens is 1. The molecule has 0 unspecified atom stereocenters. The molecule has 96 valence electrons. The second-order valence-corrected chi connectivity index (χ2v) is 4.37. The fourth-order valence-electron chi connectivity index (χ4n) is 2.11. The van der Waals surface area contributed by atoms with Crippen molar-refractivity contribution >= 4 is 17.6 Å². The van der Waals surface area contributed by atoms with E-state index in [1.807, 2.05) is 0 Å². The molecule has 0 aromatic carbocycles. The van der Waals surface area contributed by atoms with Gasteiger partial charge in [0, 0.05) is 19.3 Å². The first kappa shape index (κ1) is 12.3. The number of piperidine rings is 1. The van der Waals surface area contributed by atoms with Crippen molar-refractivity contribution < 1.29 is 14.7 Å². The van der Waals surface area contributed by atoms with Gasteiger partial charge in [-0.2, -0.15) is 0 Å². The van der Waals surface area contributed by atoms with Crippen LogP contribution in [0.15, 0.2) is 18.3 Å². The number of pyridine rings is 1. The Morgan fingerprint density at radius 1 is 1.50 bits per heavy atom. The van der Waals surface area contributed by atoms with Gasteiger partial charge in [0.15, 0.2) is 5.69 Å². The molecule has 0 aliphatic carbocycles. The van der Waals surface area contributed by atoms with Gasteiger partial charge in [0.25, 0.3) is 5.91 Å². The number of amides is 1. The maximum absolute atomic E-state index is 12.2. The lowest BCUT2D eigenvalue weighted by molar-refractivity contribution is -0.143. The maximum atomic E-state index is 12.2. The molecule has 1 aliphatic heterocycles. The van der Waals surface area contributed by atoms with E-state index >= 15 is 0 Å². The molecule has 0 radical (unpaired) electrons. The lowest BCUT2D eigenvalue weighted by Crippen LogP contribution is -2.42. The second-order valence-electron chi connectivity index (χ2n) is 4.37. The summed E-state index contributed by atoms with van der Waals surface area (Å²) in [6.45, 7) is 0.781. The van der Waals surface area contributed by atoms with Crippen molar-refractivity contribution in [3.8, 4) is 0 Å². The molecular weight excluding hydrogens is 234 g/mol. The SMILES string of the molecule is Nc1cccnc1C(=O)N1CCC[C@@H](C(=O)O)C1. The molecule has 1 amide bonds. The summed E-state index contributed by atoms with van der Waals surface area (Å²) in [5.74, 6) is -1.65. The van der Waals surface area contributed by atoms with Crippen LogP contribution >= 0.6 is 0 Å². The smallest absolute Gasteiger partial charge is 0.308 e. The number of hydrogen-bond acceptors (Lipinski definition) is 4. The van der Waals surface area contributed by atoms with Gasteiger partial charge in [0.05, 0.1) is 11.6 Å². The standard InChI is InChI=1S/C12H15N3O3/c13-9-4-1-5-14-10(9)11(16)15-6-2-3-8(7-15)12(17)18/h1,4-5,8H,2-3,6-7,13H2,(H,17,18)/t8-/m1/s1. The lowest BCUT2D eigenvalue weighted by atomic mass is 9.98. The van der Waals surface area contributed by atoms with Crippen LogP contribution in [0.25, 0.3) is 0 Å². The number of nitrogen functional groups attached to an aromatic ring is 1. The molecule has 0 saturated carbocycles. The van der Waals surface area contributed by atoms with Crippen LogP contribution in [-0.4, -0.2) is 40.0 Å². The van der Waals surface area contributed by atoms with Crippen molar-refractivity contribution in [3.63, 3.8) is 0 Å². The number of likely N-dealkylation sites (tertiary alicyclic amines) is 1. The number of anilines is 1. The molecule has 6 nitrogen and oxygen atoms in total. The number of nitrogens with zero attached hydrogens (tertiary/aromatic N) is 2. The van der Waals surface area contributed by atoms with Gasteiger partial charge in [0.2, 0.25) is 0 Å². The summed E-state index contributed by atoms with van der Waals surface area (Å²) in [6, 6.07) is 3.27. The Hall–Kier alpha value is -2.11. The van der Waals surface area contributed by atoms with Crippen LogP contribution in [-0.2, 0) is 4.79 Å². The van der Waals surface area contributed by atoms with E-state index in [4.69, 9.17) is 10.8 Å². The molecular formula is C12H15N3O3. The van der Waals surface area contributed by atoms with Gasteiger partial charge in [-0.05, 0) is 25.0 Å². The van der Waals surface area contributed by atoms with Gasteiger partial charge in [0.1, 0.15) is 0 Å². The molecule has 0 bridgehead atoms. The number of rotatable bonds is 2. The van der Waals surface area contributed by atoms with E-state index in [1.54, 1.807) is 12.1 Å². The van der Waals surface area contributed by atoms with E-state index in [1.165, 1.54) is 11.1 Å². The number of carboxylic acids is 1. The zero-order valence-corrected chi connectivity index (χ0v) is 9.87. The average molecular weight is 249 g/mol. The van der Waals surface area contributed by atoms with Gasteiger partial charge >= 0.3 is 5.97 Å². The molecule has 1 saturated heterocycles. The molecule has 1 aliphatic rings. The Bertz CT molecular complexity index is 475. The maximum Gasteiger partial charge on any atom is 0.308 e. The third-order valence-corrected chi connectivity index (χ3v) is 3.10. The largest absolute Gasteiger partial charge is 0.481 e. The van der Waals surface area contributed by atoms with Crippen molar-refractivity contribution in [2.45, 2.75) is 12.8 Å². The zero-order valence-electron chi connectivity index (χ0n) is 9.87. The quantitative estimate of drug-likeness (QED) is 0.800. The van der Waals surface area contributed by atoms with Crippen molar-refractivity contribution in [1.82, 2.24) is 9.88 Å². The van der Waals surface area contributed by atoms with Crippen LogP contribution in [0, 0.1) is 5.92 Å². The predicted octanol–water partition coefficient (Wildman–Crippen LogP) is 0.601. The Morgan fingerprint density at radius 3 is 2.94 bits per heavy atom. The number of carbonyl (C=O) groups excluding carboxylic acids is 1. The summed E-state index contributed by atoms with van der Waals surface area (Å²) < 4.78 is 0. The summed E-state index contributed by atoms with van der Waals surface area (Å²) in [7, 11) is 0. The molecule has 2 heterocycles. The van der Waals surface area contributed by atoms with E-state index in [0.29, 0.717) is 25.1 Å². The van der Waals surface area contributed by atoms with E-state index < -0.39 is 11.9 Å². The number of aliphatic carboxylic acids is 1. The van der Waals surface area contributed by atoms with Crippen LogP contribution in [0.3, 0.4) is 0 Å². The Kier molecular flexibility index (Phi) is 3.45. The molecule has 18 heavy (non-hydrogen) atoms. The fraction of sp³-hybridized carbons (Fsp3) is 0.417. The molecule has 2 rings (SSSR count). The van der Waals surface area contributed by atoms with E-state index in [9.17, 15) is 9.59 Å².